The molecule has 0 aliphatic carbocycles. The van der Waals surface area contributed by atoms with E-state index in [9.17, 15) is 4.79 Å². The van der Waals surface area contributed by atoms with E-state index in [4.69, 9.17) is 22.3 Å². The second kappa shape index (κ2) is 7.82. The molecule has 0 saturated heterocycles. The van der Waals surface area contributed by atoms with Gasteiger partial charge < -0.3 is 14.2 Å². The Labute approximate surface area is 83.5 Å². The van der Waals surface area contributed by atoms with E-state index < -0.39 is 6.10 Å². The van der Waals surface area contributed by atoms with Crippen LogP contribution in [0, 0.1) is 25.1 Å². The van der Waals surface area contributed by atoms with Gasteiger partial charge in [-0.3, -0.25) is 4.79 Å². The summed E-state index contributed by atoms with van der Waals surface area (Å²) in [6, 6.07) is 0. The van der Waals surface area contributed by atoms with Gasteiger partial charge in [-0.1, -0.05) is 19.8 Å². The van der Waals surface area contributed by atoms with Crippen molar-refractivity contribution < 1.29 is 19.0 Å². The number of esters is 1. The topological polar surface area (TPSA) is 44.8 Å². The first-order valence-electron chi connectivity index (χ1n) is 4.08. The van der Waals surface area contributed by atoms with E-state index in [1.807, 2.05) is 12.2 Å². The van der Waals surface area contributed by atoms with Gasteiger partial charge in [0.25, 0.3) is 0 Å². The molecule has 76 valence electrons. The highest BCUT2D eigenvalue weighted by Gasteiger charge is 2.12. The number of hydrogen-bond donors (Lipinski definition) is 0. The van der Waals surface area contributed by atoms with Crippen molar-refractivity contribution in [3.8, 4) is 25.1 Å². The van der Waals surface area contributed by atoms with Crippen LogP contribution >= 0.6 is 0 Å². The van der Waals surface area contributed by atoms with Gasteiger partial charge in [-0.05, 0) is 0 Å². The summed E-state index contributed by atoms with van der Waals surface area (Å²) in [7, 11) is 0. The second-order valence-electron chi connectivity index (χ2n) is 2.32. The molecular weight excluding hydrogens is 184 g/mol. The Hall–Kier alpha value is -1.81. The number of hydrogen-bond acceptors (Lipinski definition) is 4. The molecule has 0 aromatic rings. The molecule has 4 heteroatoms. The standard InChI is InChI=1S/C10H12O4/c1-4-10(11)14-8-9(13-6-3)7-12-5-2/h2-3,9H,4,7-8H2,1H3. The van der Waals surface area contributed by atoms with Gasteiger partial charge in [0.2, 0.25) is 0 Å². The van der Waals surface area contributed by atoms with Crippen LogP contribution in [0.3, 0.4) is 0 Å². The Morgan fingerprint density at radius 3 is 2.57 bits per heavy atom. The molecule has 0 aromatic heterocycles. The highest BCUT2D eigenvalue weighted by atomic mass is 16.6. The van der Waals surface area contributed by atoms with Gasteiger partial charge in [0.05, 0.1) is 0 Å². The van der Waals surface area contributed by atoms with E-state index in [1.54, 1.807) is 6.92 Å². The highest BCUT2D eigenvalue weighted by molar-refractivity contribution is 5.68. The minimum absolute atomic E-state index is 0.0402. The van der Waals surface area contributed by atoms with Gasteiger partial charge in [0.1, 0.15) is 25.4 Å². The van der Waals surface area contributed by atoms with Gasteiger partial charge in [0, 0.05) is 6.42 Å². The molecule has 1 atom stereocenters. The third-order valence-electron chi connectivity index (χ3n) is 1.31. The molecule has 0 radical (unpaired) electrons. The van der Waals surface area contributed by atoms with Crippen LogP contribution in [-0.2, 0) is 19.0 Å². The molecule has 1 unspecified atom stereocenters. The zero-order chi connectivity index (χ0) is 10.8. The van der Waals surface area contributed by atoms with Gasteiger partial charge in [0.15, 0.2) is 6.10 Å². The average molecular weight is 196 g/mol. The number of carbonyl (C=O) groups excluding carboxylic acids is 1. The first kappa shape index (κ1) is 12.2. The van der Waals surface area contributed by atoms with E-state index in [0.29, 0.717) is 6.42 Å². The summed E-state index contributed by atoms with van der Waals surface area (Å²) in [5.74, 6) is -0.323. The summed E-state index contributed by atoms with van der Waals surface area (Å²) >= 11 is 0. The van der Waals surface area contributed by atoms with Crippen LogP contribution in [0.2, 0.25) is 0 Å². The maximum absolute atomic E-state index is 10.8. The van der Waals surface area contributed by atoms with E-state index in [-0.39, 0.29) is 19.2 Å². The Morgan fingerprint density at radius 1 is 1.36 bits per heavy atom. The monoisotopic (exact) mass is 196 g/mol. The largest absolute Gasteiger partial charge is 0.462 e. The predicted octanol–water partition coefficient (Wildman–Crippen LogP) is 0.523. The Bertz CT molecular complexity index is 246. The molecule has 0 N–H and O–H groups in total. The van der Waals surface area contributed by atoms with Gasteiger partial charge >= 0.3 is 5.97 Å². The average Bonchev–Trinajstić information content (AvgIpc) is 2.21. The minimum Gasteiger partial charge on any atom is -0.462 e. The van der Waals surface area contributed by atoms with Crippen molar-refractivity contribution in [1.29, 1.82) is 0 Å². The van der Waals surface area contributed by atoms with Crippen molar-refractivity contribution in [2.24, 2.45) is 0 Å². The molecule has 0 fully saturated rings. The zero-order valence-corrected chi connectivity index (χ0v) is 7.99. The molecule has 0 aliphatic rings. The predicted molar refractivity (Wildman–Crippen MR) is 49.7 cm³/mol. The fourth-order valence-electron chi connectivity index (χ4n) is 0.641. The summed E-state index contributed by atoms with van der Waals surface area (Å²) in [5, 5.41) is 0. The molecule has 0 bridgehead atoms. The smallest absolute Gasteiger partial charge is 0.305 e. The fraction of sp³-hybridized carbons (Fsp3) is 0.500. The summed E-state index contributed by atoms with van der Waals surface area (Å²) in [5.41, 5.74) is 0. The van der Waals surface area contributed by atoms with Crippen LogP contribution in [-0.4, -0.2) is 25.3 Å². The van der Waals surface area contributed by atoms with E-state index in [2.05, 4.69) is 4.74 Å². The van der Waals surface area contributed by atoms with Crippen LogP contribution in [0.25, 0.3) is 0 Å². The number of carbonyl (C=O) groups is 1. The Kier molecular flexibility index (Phi) is 6.81. The van der Waals surface area contributed by atoms with Crippen LogP contribution in [0.15, 0.2) is 0 Å². The van der Waals surface area contributed by atoms with Gasteiger partial charge in [-0.15, -0.1) is 0 Å². The van der Waals surface area contributed by atoms with Crippen molar-refractivity contribution in [1.82, 2.24) is 0 Å². The summed E-state index contributed by atoms with van der Waals surface area (Å²) in [6.07, 6.45) is 13.5. The third-order valence-corrected chi connectivity index (χ3v) is 1.31. The van der Waals surface area contributed by atoms with Crippen molar-refractivity contribution in [2.75, 3.05) is 13.2 Å². The van der Waals surface area contributed by atoms with Crippen LogP contribution in [0.4, 0.5) is 0 Å². The summed E-state index contributed by atoms with van der Waals surface area (Å²) in [4.78, 5) is 10.8. The third kappa shape index (κ3) is 5.79. The number of rotatable bonds is 6. The lowest BCUT2D eigenvalue weighted by Crippen LogP contribution is -2.24. The summed E-state index contributed by atoms with van der Waals surface area (Å²) < 4.78 is 14.2. The lowest BCUT2D eigenvalue weighted by molar-refractivity contribution is -0.146. The van der Waals surface area contributed by atoms with Crippen molar-refractivity contribution in [3.05, 3.63) is 0 Å². The zero-order valence-electron chi connectivity index (χ0n) is 7.99. The molecule has 0 aliphatic heterocycles. The molecule has 0 spiro atoms. The van der Waals surface area contributed by atoms with E-state index in [1.165, 1.54) is 0 Å². The Balaban J connectivity index is 3.80. The van der Waals surface area contributed by atoms with Gasteiger partial charge in [-0.2, -0.15) is 0 Å². The van der Waals surface area contributed by atoms with E-state index >= 15 is 0 Å². The lowest BCUT2D eigenvalue weighted by Gasteiger charge is -2.12. The maximum Gasteiger partial charge on any atom is 0.305 e. The molecule has 0 heterocycles. The molecule has 4 nitrogen and oxygen atoms in total. The quantitative estimate of drug-likeness (QED) is 0.459. The number of ether oxygens (including phenoxy) is 3. The molecule has 0 aromatic carbocycles. The molecule has 14 heavy (non-hydrogen) atoms. The molecule has 0 amide bonds. The Morgan fingerprint density at radius 2 is 2.07 bits per heavy atom. The van der Waals surface area contributed by atoms with E-state index in [0.717, 1.165) is 0 Å². The van der Waals surface area contributed by atoms with Crippen molar-refractivity contribution in [3.63, 3.8) is 0 Å². The molecular formula is C10H12O4. The van der Waals surface area contributed by atoms with Crippen LogP contribution in [0.1, 0.15) is 13.3 Å². The summed E-state index contributed by atoms with van der Waals surface area (Å²) in [6.45, 7) is 1.83. The molecule has 0 saturated carbocycles. The first-order valence-corrected chi connectivity index (χ1v) is 4.08. The van der Waals surface area contributed by atoms with Crippen LogP contribution in [0.5, 0.6) is 0 Å². The van der Waals surface area contributed by atoms with Crippen LogP contribution < -0.4 is 0 Å². The van der Waals surface area contributed by atoms with Gasteiger partial charge in [-0.25, -0.2) is 0 Å². The number of terminal acetylenes is 2. The maximum atomic E-state index is 10.8. The molecule has 0 rings (SSSR count). The minimum atomic E-state index is -0.522. The highest BCUT2D eigenvalue weighted by Crippen LogP contribution is 1.95. The lowest BCUT2D eigenvalue weighted by atomic mass is 10.4. The normalized spacial score (nSPS) is 10.5. The van der Waals surface area contributed by atoms with Crippen molar-refractivity contribution in [2.45, 2.75) is 19.4 Å². The second-order valence-corrected chi connectivity index (χ2v) is 2.32. The first-order chi connectivity index (χ1) is 6.74. The van der Waals surface area contributed by atoms with Crippen molar-refractivity contribution >= 4 is 5.97 Å². The SMILES string of the molecule is C#COCC(COC(=O)CC)OC#C. The fourth-order valence-corrected chi connectivity index (χ4v) is 0.641.